The Bertz CT molecular complexity index is 434. The number of benzene rings is 1. The molecule has 0 spiro atoms. The molecule has 2 rings (SSSR count). The first-order valence-corrected chi connectivity index (χ1v) is 6.79. The Morgan fingerprint density at radius 3 is 2.94 bits per heavy atom. The van der Waals surface area contributed by atoms with Gasteiger partial charge in [-0.25, -0.2) is 0 Å². The Balaban J connectivity index is 2.21. The molecule has 0 saturated carbocycles. The van der Waals surface area contributed by atoms with Gasteiger partial charge in [0, 0.05) is 29.2 Å². The van der Waals surface area contributed by atoms with Crippen LogP contribution in [0.5, 0.6) is 0 Å². The topological polar surface area (TPSA) is 46.3 Å². The number of hydrogen-bond donors (Lipinski definition) is 1. The number of carbonyl (C=O) groups excluding carboxylic acids is 1. The fourth-order valence-electron chi connectivity index (χ4n) is 2.54. The van der Waals surface area contributed by atoms with Gasteiger partial charge in [-0.05, 0) is 44.4 Å². The normalized spacial score (nSPS) is 21.7. The first kappa shape index (κ1) is 13.4. The summed E-state index contributed by atoms with van der Waals surface area (Å²) in [6.45, 7) is 2.76. The third-order valence-electron chi connectivity index (χ3n) is 3.49. The van der Waals surface area contributed by atoms with Crippen LogP contribution in [0.1, 0.15) is 36.5 Å². The molecule has 2 unspecified atom stereocenters. The van der Waals surface area contributed by atoms with E-state index in [-0.39, 0.29) is 18.0 Å². The predicted octanol–water partition coefficient (Wildman–Crippen LogP) is 2.68. The lowest BCUT2D eigenvalue weighted by Crippen LogP contribution is -2.51. The second-order valence-electron chi connectivity index (χ2n) is 4.93. The van der Waals surface area contributed by atoms with Gasteiger partial charge in [-0.3, -0.25) is 4.79 Å². The van der Waals surface area contributed by atoms with Crippen LogP contribution in [0.25, 0.3) is 0 Å². The summed E-state index contributed by atoms with van der Waals surface area (Å²) in [7, 11) is 0. The summed E-state index contributed by atoms with van der Waals surface area (Å²) in [4.78, 5) is 14.4. The molecular weight excluding hydrogens is 248 g/mol. The zero-order valence-corrected chi connectivity index (χ0v) is 11.4. The van der Waals surface area contributed by atoms with Gasteiger partial charge in [-0.1, -0.05) is 17.7 Å². The van der Waals surface area contributed by atoms with Gasteiger partial charge in [0.25, 0.3) is 5.91 Å². The molecule has 18 heavy (non-hydrogen) atoms. The summed E-state index contributed by atoms with van der Waals surface area (Å²) in [6, 6.07) is 7.26. The SMILES string of the molecule is CC(N)C1CCCCN1C(=O)c1cccc(Cl)c1. The lowest BCUT2D eigenvalue weighted by Gasteiger charge is -2.38. The molecule has 0 aromatic heterocycles. The van der Waals surface area contributed by atoms with Gasteiger partial charge in [0.05, 0.1) is 0 Å². The lowest BCUT2D eigenvalue weighted by atomic mass is 9.96. The number of halogens is 1. The number of nitrogens with two attached hydrogens (primary N) is 1. The summed E-state index contributed by atoms with van der Waals surface area (Å²) in [5.41, 5.74) is 6.63. The van der Waals surface area contributed by atoms with Crippen molar-refractivity contribution < 1.29 is 4.79 Å². The molecule has 1 amide bonds. The minimum atomic E-state index is 0.00781. The Morgan fingerprint density at radius 2 is 2.28 bits per heavy atom. The lowest BCUT2D eigenvalue weighted by molar-refractivity contribution is 0.0584. The number of hydrogen-bond acceptors (Lipinski definition) is 2. The molecule has 1 aliphatic rings. The van der Waals surface area contributed by atoms with Gasteiger partial charge in [-0.15, -0.1) is 0 Å². The number of nitrogens with zero attached hydrogens (tertiary/aromatic N) is 1. The molecule has 1 saturated heterocycles. The van der Waals surface area contributed by atoms with Crippen LogP contribution >= 0.6 is 11.6 Å². The monoisotopic (exact) mass is 266 g/mol. The fourth-order valence-corrected chi connectivity index (χ4v) is 2.73. The van der Waals surface area contributed by atoms with Gasteiger partial charge in [-0.2, -0.15) is 0 Å². The second kappa shape index (κ2) is 5.72. The van der Waals surface area contributed by atoms with Gasteiger partial charge in [0.2, 0.25) is 0 Å². The van der Waals surface area contributed by atoms with Crippen LogP contribution in [-0.4, -0.2) is 29.4 Å². The van der Waals surface area contributed by atoms with E-state index < -0.39 is 0 Å². The molecule has 3 nitrogen and oxygen atoms in total. The minimum Gasteiger partial charge on any atom is -0.334 e. The molecule has 1 heterocycles. The molecular formula is C14H19ClN2O. The number of carbonyl (C=O) groups is 1. The maximum atomic E-state index is 12.5. The van der Waals surface area contributed by atoms with Crippen LogP contribution in [0, 0.1) is 0 Å². The Hall–Kier alpha value is -1.06. The third-order valence-corrected chi connectivity index (χ3v) is 3.72. The van der Waals surface area contributed by atoms with Crippen molar-refractivity contribution in [2.75, 3.05) is 6.54 Å². The van der Waals surface area contributed by atoms with Crippen molar-refractivity contribution in [3.05, 3.63) is 34.9 Å². The van der Waals surface area contributed by atoms with E-state index in [1.165, 1.54) is 0 Å². The van der Waals surface area contributed by atoms with Gasteiger partial charge < -0.3 is 10.6 Å². The van der Waals surface area contributed by atoms with Crippen molar-refractivity contribution >= 4 is 17.5 Å². The van der Waals surface area contributed by atoms with Crippen LogP contribution in [0.4, 0.5) is 0 Å². The third kappa shape index (κ3) is 2.85. The summed E-state index contributed by atoms with van der Waals surface area (Å²) >= 11 is 5.93. The van der Waals surface area contributed by atoms with Crippen molar-refractivity contribution in [2.24, 2.45) is 5.73 Å². The summed E-state index contributed by atoms with van der Waals surface area (Å²) in [6.07, 6.45) is 3.19. The molecule has 4 heteroatoms. The fraction of sp³-hybridized carbons (Fsp3) is 0.500. The van der Waals surface area contributed by atoms with E-state index in [9.17, 15) is 4.79 Å². The number of piperidine rings is 1. The maximum absolute atomic E-state index is 12.5. The first-order valence-electron chi connectivity index (χ1n) is 6.41. The van der Waals surface area contributed by atoms with Gasteiger partial charge in [0.1, 0.15) is 0 Å². The average Bonchev–Trinajstić information content (AvgIpc) is 2.38. The van der Waals surface area contributed by atoms with E-state index in [1.54, 1.807) is 24.3 Å². The molecule has 0 aliphatic carbocycles. The Labute approximate surface area is 113 Å². The highest BCUT2D eigenvalue weighted by atomic mass is 35.5. The van der Waals surface area contributed by atoms with Crippen LogP contribution in [0.3, 0.4) is 0 Å². The molecule has 1 aliphatic heterocycles. The highest BCUT2D eigenvalue weighted by Gasteiger charge is 2.29. The van der Waals surface area contributed by atoms with Crippen LogP contribution in [0.2, 0.25) is 5.02 Å². The summed E-state index contributed by atoms with van der Waals surface area (Å²) in [5, 5.41) is 0.593. The molecule has 0 radical (unpaired) electrons. The quantitative estimate of drug-likeness (QED) is 0.895. The van der Waals surface area contributed by atoms with E-state index in [4.69, 9.17) is 17.3 Å². The molecule has 0 bridgehead atoms. The first-order chi connectivity index (χ1) is 8.59. The second-order valence-corrected chi connectivity index (χ2v) is 5.37. The molecule has 2 atom stereocenters. The van der Waals surface area contributed by atoms with Crippen molar-refractivity contribution in [2.45, 2.75) is 38.3 Å². The molecule has 1 aromatic rings. The van der Waals surface area contributed by atoms with Gasteiger partial charge in [0.15, 0.2) is 0 Å². The number of amides is 1. The summed E-state index contributed by atoms with van der Waals surface area (Å²) < 4.78 is 0. The summed E-state index contributed by atoms with van der Waals surface area (Å²) in [5.74, 6) is 0.0412. The highest BCUT2D eigenvalue weighted by molar-refractivity contribution is 6.30. The van der Waals surface area contributed by atoms with E-state index in [0.29, 0.717) is 10.6 Å². The van der Waals surface area contributed by atoms with E-state index in [0.717, 1.165) is 25.8 Å². The van der Waals surface area contributed by atoms with E-state index in [1.807, 2.05) is 11.8 Å². The van der Waals surface area contributed by atoms with E-state index >= 15 is 0 Å². The number of likely N-dealkylation sites (tertiary alicyclic amines) is 1. The largest absolute Gasteiger partial charge is 0.334 e. The van der Waals surface area contributed by atoms with Gasteiger partial charge >= 0.3 is 0 Å². The molecule has 1 fully saturated rings. The van der Waals surface area contributed by atoms with Crippen molar-refractivity contribution in [1.29, 1.82) is 0 Å². The zero-order chi connectivity index (χ0) is 13.1. The van der Waals surface area contributed by atoms with Crippen LogP contribution in [0.15, 0.2) is 24.3 Å². The minimum absolute atomic E-state index is 0.00781. The number of rotatable bonds is 2. The zero-order valence-electron chi connectivity index (χ0n) is 10.6. The smallest absolute Gasteiger partial charge is 0.254 e. The van der Waals surface area contributed by atoms with E-state index in [2.05, 4.69) is 0 Å². The van der Waals surface area contributed by atoms with Crippen molar-refractivity contribution in [1.82, 2.24) is 4.90 Å². The van der Waals surface area contributed by atoms with Crippen molar-refractivity contribution in [3.63, 3.8) is 0 Å². The van der Waals surface area contributed by atoms with Crippen molar-refractivity contribution in [3.8, 4) is 0 Å². The molecule has 1 aromatic carbocycles. The highest BCUT2D eigenvalue weighted by Crippen LogP contribution is 2.22. The molecule has 98 valence electrons. The average molecular weight is 267 g/mol. The molecule has 2 N–H and O–H groups in total. The Morgan fingerprint density at radius 1 is 1.50 bits per heavy atom. The van der Waals surface area contributed by atoms with Crippen LogP contribution in [-0.2, 0) is 0 Å². The standard InChI is InChI=1S/C14H19ClN2O/c1-10(16)13-7-2-3-8-17(13)14(18)11-5-4-6-12(15)9-11/h4-6,9-10,13H,2-3,7-8,16H2,1H3. The predicted molar refractivity (Wildman–Crippen MR) is 73.8 cm³/mol. The Kier molecular flexibility index (Phi) is 4.25. The maximum Gasteiger partial charge on any atom is 0.254 e. The van der Waals surface area contributed by atoms with Crippen LogP contribution < -0.4 is 5.73 Å².